The fourth-order valence-corrected chi connectivity index (χ4v) is 1.74. The smallest absolute Gasteiger partial charge is 0.255 e. The number of H-pyrrole nitrogens is 1. The van der Waals surface area contributed by atoms with Crippen molar-refractivity contribution in [2.45, 2.75) is 13.3 Å². The van der Waals surface area contributed by atoms with Gasteiger partial charge in [0.2, 0.25) is 0 Å². The van der Waals surface area contributed by atoms with E-state index < -0.39 is 5.82 Å². The monoisotopic (exact) mass is 267 g/mol. The first kappa shape index (κ1) is 12.6. The van der Waals surface area contributed by atoms with Crippen molar-refractivity contribution < 1.29 is 4.39 Å². The molecule has 0 saturated heterocycles. The highest BCUT2D eigenvalue weighted by molar-refractivity contribution is 6.30. The zero-order valence-electron chi connectivity index (χ0n) is 9.63. The van der Waals surface area contributed by atoms with E-state index >= 15 is 0 Å². The molecule has 18 heavy (non-hydrogen) atoms. The normalized spacial score (nSPS) is 10.6. The molecule has 1 aromatic heterocycles. The van der Waals surface area contributed by atoms with E-state index in [1.807, 2.05) is 0 Å². The zero-order chi connectivity index (χ0) is 13.3. The van der Waals surface area contributed by atoms with Gasteiger partial charge >= 0.3 is 0 Å². The van der Waals surface area contributed by atoms with Crippen molar-refractivity contribution in [1.82, 2.24) is 9.97 Å². The van der Waals surface area contributed by atoms with Crippen LogP contribution in [0.4, 0.5) is 10.2 Å². The van der Waals surface area contributed by atoms with Gasteiger partial charge in [0.1, 0.15) is 17.5 Å². The van der Waals surface area contributed by atoms with Crippen molar-refractivity contribution >= 4 is 17.4 Å². The van der Waals surface area contributed by atoms with E-state index in [9.17, 15) is 9.18 Å². The summed E-state index contributed by atoms with van der Waals surface area (Å²) in [7, 11) is 0. The molecule has 2 rings (SSSR count). The number of aromatic nitrogens is 2. The molecule has 0 bridgehead atoms. The molecule has 0 spiro atoms. The van der Waals surface area contributed by atoms with Crippen molar-refractivity contribution in [3.8, 4) is 0 Å². The first-order valence-electron chi connectivity index (χ1n) is 5.27. The number of nitrogen functional groups attached to an aromatic ring is 1. The Morgan fingerprint density at radius 3 is 2.89 bits per heavy atom. The van der Waals surface area contributed by atoms with Crippen LogP contribution >= 0.6 is 11.6 Å². The van der Waals surface area contributed by atoms with Gasteiger partial charge in [-0.15, -0.1) is 0 Å². The standard InChI is InChI=1S/C12H11ClFN3O/c1-6-11(15)16-9(17-12(6)18)5-7-3-2-4-8(13)10(7)14/h2-4H,5H2,1H3,(H3,15,16,17,18). The fourth-order valence-electron chi connectivity index (χ4n) is 1.55. The lowest BCUT2D eigenvalue weighted by Crippen LogP contribution is -2.17. The Morgan fingerprint density at radius 1 is 1.50 bits per heavy atom. The average Bonchev–Trinajstić information content (AvgIpc) is 2.32. The maximum atomic E-state index is 13.7. The third kappa shape index (κ3) is 2.36. The van der Waals surface area contributed by atoms with Crippen LogP contribution in [0.15, 0.2) is 23.0 Å². The van der Waals surface area contributed by atoms with Crippen molar-refractivity contribution in [1.29, 1.82) is 0 Å². The molecule has 1 heterocycles. The molecule has 0 saturated carbocycles. The lowest BCUT2D eigenvalue weighted by Gasteiger charge is -2.06. The van der Waals surface area contributed by atoms with E-state index in [1.54, 1.807) is 19.1 Å². The van der Waals surface area contributed by atoms with Gasteiger partial charge in [0.05, 0.1) is 10.6 Å². The lowest BCUT2D eigenvalue weighted by molar-refractivity contribution is 0.612. The van der Waals surface area contributed by atoms with Gasteiger partial charge in [-0.25, -0.2) is 9.37 Å². The quantitative estimate of drug-likeness (QED) is 0.875. The molecule has 0 radical (unpaired) electrons. The van der Waals surface area contributed by atoms with Crippen LogP contribution in [0.2, 0.25) is 5.02 Å². The number of hydrogen-bond donors (Lipinski definition) is 2. The van der Waals surface area contributed by atoms with Crippen LogP contribution < -0.4 is 11.3 Å². The van der Waals surface area contributed by atoms with Crippen LogP contribution in [0.1, 0.15) is 17.0 Å². The minimum absolute atomic E-state index is 0.0370. The first-order chi connectivity index (χ1) is 8.49. The van der Waals surface area contributed by atoms with Gasteiger partial charge in [-0.1, -0.05) is 23.7 Å². The molecule has 0 unspecified atom stereocenters. The van der Waals surface area contributed by atoms with Crippen LogP contribution in [-0.4, -0.2) is 9.97 Å². The fraction of sp³-hybridized carbons (Fsp3) is 0.167. The molecule has 1 aromatic carbocycles. The van der Waals surface area contributed by atoms with Crippen molar-refractivity contribution in [3.63, 3.8) is 0 Å². The number of nitrogens with two attached hydrogens (primary N) is 1. The molecule has 94 valence electrons. The van der Waals surface area contributed by atoms with Crippen molar-refractivity contribution in [3.05, 3.63) is 56.3 Å². The van der Waals surface area contributed by atoms with Crippen molar-refractivity contribution in [2.24, 2.45) is 0 Å². The lowest BCUT2D eigenvalue weighted by atomic mass is 10.1. The van der Waals surface area contributed by atoms with Crippen LogP contribution in [0, 0.1) is 12.7 Å². The summed E-state index contributed by atoms with van der Waals surface area (Å²) in [4.78, 5) is 18.1. The Balaban J connectivity index is 2.41. The third-order valence-electron chi connectivity index (χ3n) is 2.63. The summed E-state index contributed by atoms with van der Waals surface area (Å²) < 4.78 is 13.7. The van der Waals surface area contributed by atoms with Gasteiger partial charge in [-0.05, 0) is 18.6 Å². The summed E-state index contributed by atoms with van der Waals surface area (Å²) in [6.07, 6.45) is 0.131. The van der Waals surface area contributed by atoms with Gasteiger partial charge in [0, 0.05) is 6.42 Å². The summed E-state index contributed by atoms with van der Waals surface area (Å²) in [5, 5.41) is 0.0370. The Morgan fingerprint density at radius 2 is 2.22 bits per heavy atom. The molecule has 0 aliphatic carbocycles. The predicted molar refractivity (Wildman–Crippen MR) is 68.2 cm³/mol. The molecular formula is C12H11ClFN3O. The average molecular weight is 268 g/mol. The van der Waals surface area contributed by atoms with E-state index in [-0.39, 0.29) is 22.8 Å². The van der Waals surface area contributed by atoms with Crippen LogP contribution in [0.3, 0.4) is 0 Å². The van der Waals surface area contributed by atoms with Crippen molar-refractivity contribution in [2.75, 3.05) is 5.73 Å². The minimum Gasteiger partial charge on any atom is -0.383 e. The van der Waals surface area contributed by atoms with E-state index in [1.165, 1.54) is 6.07 Å². The van der Waals surface area contributed by atoms with Gasteiger partial charge in [-0.2, -0.15) is 0 Å². The molecule has 0 amide bonds. The summed E-state index contributed by atoms with van der Waals surface area (Å²) >= 11 is 5.68. The van der Waals surface area contributed by atoms with Gasteiger partial charge in [0.25, 0.3) is 5.56 Å². The molecule has 3 N–H and O–H groups in total. The minimum atomic E-state index is -0.513. The van der Waals surface area contributed by atoms with E-state index in [0.717, 1.165) is 0 Å². The molecule has 6 heteroatoms. The Bertz CT molecular complexity index is 654. The summed E-state index contributed by atoms with van der Waals surface area (Å²) in [6.45, 7) is 1.57. The number of hydrogen-bond acceptors (Lipinski definition) is 3. The van der Waals surface area contributed by atoms with Crippen LogP contribution in [0.5, 0.6) is 0 Å². The number of nitrogens with one attached hydrogen (secondary N) is 1. The summed E-state index contributed by atoms with van der Waals surface area (Å²) in [5.74, 6) is -0.0542. The molecule has 2 aromatic rings. The van der Waals surface area contributed by atoms with E-state index in [2.05, 4.69) is 9.97 Å². The Hall–Kier alpha value is -1.88. The Labute approximate surface area is 108 Å². The van der Waals surface area contributed by atoms with Crippen LogP contribution in [0.25, 0.3) is 0 Å². The number of halogens is 2. The molecule has 0 aliphatic rings. The highest BCUT2D eigenvalue weighted by atomic mass is 35.5. The van der Waals surface area contributed by atoms with E-state index in [4.69, 9.17) is 17.3 Å². The van der Waals surface area contributed by atoms with E-state index in [0.29, 0.717) is 17.0 Å². The molecular weight excluding hydrogens is 257 g/mol. The molecule has 0 aliphatic heterocycles. The zero-order valence-corrected chi connectivity index (χ0v) is 10.4. The molecule has 0 atom stereocenters. The first-order valence-corrected chi connectivity index (χ1v) is 5.65. The second kappa shape index (κ2) is 4.78. The number of nitrogens with zero attached hydrogens (tertiary/aromatic N) is 1. The van der Waals surface area contributed by atoms with Gasteiger partial charge in [0.15, 0.2) is 0 Å². The number of rotatable bonds is 2. The number of aromatic amines is 1. The van der Waals surface area contributed by atoms with Gasteiger partial charge < -0.3 is 10.7 Å². The second-order valence-electron chi connectivity index (χ2n) is 3.91. The third-order valence-corrected chi connectivity index (χ3v) is 2.92. The predicted octanol–water partition coefficient (Wildman–Crippen LogP) is 2.04. The Kier molecular flexibility index (Phi) is 3.34. The largest absolute Gasteiger partial charge is 0.383 e. The van der Waals surface area contributed by atoms with Crippen LogP contribution in [-0.2, 0) is 6.42 Å². The maximum absolute atomic E-state index is 13.7. The second-order valence-corrected chi connectivity index (χ2v) is 4.32. The molecule has 4 nitrogen and oxygen atoms in total. The topological polar surface area (TPSA) is 71.8 Å². The maximum Gasteiger partial charge on any atom is 0.255 e. The number of benzene rings is 1. The highest BCUT2D eigenvalue weighted by Gasteiger charge is 2.10. The summed E-state index contributed by atoms with van der Waals surface area (Å²) in [6, 6.07) is 4.67. The SMILES string of the molecule is Cc1c(N)nc(Cc2cccc(Cl)c2F)[nH]c1=O. The van der Waals surface area contributed by atoms with Gasteiger partial charge in [-0.3, -0.25) is 4.79 Å². The summed E-state index contributed by atoms with van der Waals surface area (Å²) in [5.41, 5.74) is 5.98. The number of anilines is 1. The molecule has 0 fully saturated rings. The highest BCUT2D eigenvalue weighted by Crippen LogP contribution is 2.19.